The molecule has 0 amide bonds. The van der Waals surface area contributed by atoms with Crippen molar-refractivity contribution >= 4 is 0 Å². The number of benzene rings is 1. The van der Waals surface area contributed by atoms with Crippen LogP contribution in [-0.2, 0) is 6.54 Å². The van der Waals surface area contributed by atoms with Gasteiger partial charge in [-0.3, -0.25) is 9.88 Å². The Hall–Kier alpha value is -2.27. The number of pyridine rings is 1. The maximum atomic E-state index is 5.51. The van der Waals surface area contributed by atoms with E-state index in [1.54, 1.807) is 7.11 Å². The van der Waals surface area contributed by atoms with E-state index in [0.717, 1.165) is 41.5 Å². The lowest BCUT2D eigenvalue weighted by Gasteiger charge is -2.27. The highest BCUT2D eigenvalue weighted by Gasteiger charge is 2.21. The van der Waals surface area contributed by atoms with Gasteiger partial charge in [0.2, 0.25) is 6.79 Å². The summed E-state index contributed by atoms with van der Waals surface area (Å²) < 4.78 is 16.4. The molecule has 1 aromatic carbocycles. The number of aromatic nitrogens is 1. The van der Waals surface area contributed by atoms with Crippen LogP contribution in [0.3, 0.4) is 0 Å². The van der Waals surface area contributed by atoms with Gasteiger partial charge in [-0.15, -0.1) is 0 Å². The molecule has 1 aliphatic heterocycles. The predicted octanol–water partition coefficient (Wildman–Crippen LogP) is 3.40. The number of fused-ring (bicyclic) bond motifs is 1. The summed E-state index contributed by atoms with van der Waals surface area (Å²) in [6.07, 6.45) is 2.83. The molecule has 122 valence electrons. The highest BCUT2D eigenvalue weighted by molar-refractivity contribution is 5.51. The van der Waals surface area contributed by atoms with Crippen molar-refractivity contribution in [3.8, 4) is 17.2 Å². The van der Waals surface area contributed by atoms with Gasteiger partial charge in [0.15, 0.2) is 11.5 Å². The molecule has 1 atom stereocenters. The Morgan fingerprint density at radius 3 is 2.70 bits per heavy atom. The number of methoxy groups -OCH3 is 1. The second-order valence-electron chi connectivity index (χ2n) is 5.61. The molecule has 1 aliphatic rings. The standard InChI is InChI=1S/C18H22N2O3/c1-4-15(14-7-5-6-8-19-14)20(2)11-13-9-17-18(23-12-22-17)10-16(13)21-3/h5-10,15H,4,11-12H2,1-3H3. The summed E-state index contributed by atoms with van der Waals surface area (Å²) in [5.41, 5.74) is 2.16. The van der Waals surface area contributed by atoms with Gasteiger partial charge in [-0.2, -0.15) is 0 Å². The second-order valence-corrected chi connectivity index (χ2v) is 5.61. The van der Waals surface area contributed by atoms with E-state index in [-0.39, 0.29) is 12.8 Å². The molecule has 23 heavy (non-hydrogen) atoms. The van der Waals surface area contributed by atoms with Crippen LogP contribution in [0, 0.1) is 0 Å². The Bertz CT molecular complexity index is 661. The highest BCUT2D eigenvalue weighted by Crippen LogP contribution is 2.39. The largest absolute Gasteiger partial charge is 0.496 e. The lowest BCUT2D eigenvalue weighted by Crippen LogP contribution is -2.24. The van der Waals surface area contributed by atoms with Crippen LogP contribution in [0.4, 0.5) is 0 Å². The summed E-state index contributed by atoms with van der Waals surface area (Å²) in [5.74, 6) is 2.34. The minimum absolute atomic E-state index is 0.256. The molecule has 2 heterocycles. The zero-order valence-corrected chi connectivity index (χ0v) is 13.8. The molecule has 5 nitrogen and oxygen atoms in total. The second kappa shape index (κ2) is 6.87. The van der Waals surface area contributed by atoms with Crippen LogP contribution in [-0.4, -0.2) is 30.8 Å². The van der Waals surface area contributed by atoms with E-state index in [2.05, 4.69) is 29.9 Å². The van der Waals surface area contributed by atoms with Crippen molar-refractivity contribution in [2.45, 2.75) is 25.9 Å². The van der Waals surface area contributed by atoms with Crippen molar-refractivity contribution in [3.63, 3.8) is 0 Å². The molecule has 0 saturated carbocycles. The van der Waals surface area contributed by atoms with Crippen molar-refractivity contribution in [1.29, 1.82) is 0 Å². The first kappa shape index (κ1) is 15.6. The fourth-order valence-electron chi connectivity index (χ4n) is 2.98. The molecular weight excluding hydrogens is 292 g/mol. The van der Waals surface area contributed by atoms with Gasteiger partial charge >= 0.3 is 0 Å². The van der Waals surface area contributed by atoms with E-state index >= 15 is 0 Å². The first-order chi connectivity index (χ1) is 11.2. The normalized spacial score (nSPS) is 14.1. The number of ether oxygens (including phenoxy) is 3. The quantitative estimate of drug-likeness (QED) is 0.817. The van der Waals surface area contributed by atoms with E-state index in [1.165, 1.54) is 0 Å². The maximum absolute atomic E-state index is 5.51. The summed E-state index contributed by atoms with van der Waals surface area (Å²) in [6.45, 7) is 3.19. The average Bonchev–Trinajstić information content (AvgIpc) is 3.03. The summed E-state index contributed by atoms with van der Waals surface area (Å²) in [7, 11) is 3.78. The van der Waals surface area contributed by atoms with Crippen molar-refractivity contribution in [2.24, 2.45) is 0 Å². The van der Waals surface area contributed by atoms with Gasteiger partial charge in [-0.25, -0.2) is 0 Å². The highest BCUT2D eigenvalue weighted by atomic mass is 16.7. The fraction of sp³-hybridized carbons (Fsp3) is 0.389. The molecule has 5 heteroatoms. The van der Waals surface area contributed by atoms with E-state index in [4.69, 9.17) is 14.2 Å². The van der Waals surface area contributed by atoms with Crippen LogP contribution < -0.4 is 14.2 Å². The lowest BCUT2D eigenvalue weighted by molar-refractivity contribution is 0.173. The van der Waals surface area contributed by atoms with Crippen LogP contribution in [0.2, 0.25) is 0 Å². The van der Waals surface area contributed by atoms with Gasteiger partial charge < -0.3 is 14.2 Å². The Balaban J connectivity index is 1.83. The third-order valence-corrected chi connectivity index (χ3v) is 4.14. The molecule has 1 unspecified atom stereocenters. The van der Waals surface area contributed by atoms with Gasteiger partial charge in [0.05, 0.1) is 18.8 Å². The first-order valence-electron chi connectivity index (χ1n) is 7.80. The van der Waals surface area contributed by atoms with Crippen LogP contribution in [0.15, 0.2) is 36.5 Å². The van der Waals surface area contributed by atoms with Gasteiger partial charge in [0, 0.05) is 24.4 Å². The molecule has 3 rings (SSSR count). The molecular formula is C18H22N2O3. The maximum Gasteiger partial charge on any atom is 0.231 e. The fourth-order valence-corrected chi connectivity index (χ4v) is 2.98. The van der Waals surface area contributed by atoms with Crippen molar-refractivity contribution in [1.82, 2.24) is 9.88 Å². The average molecular weight is 314 g/mol. The molecule has 0 fully saturated rings. The molecule has 2 aromatic rings. The number of nitrogens with zero attached hydrogens (tertiary/aromatic N) is 2. The van der Waals surface area contributed by atoms with Crippen molar-refractivity contribution in [2.75, 3.05) is 21.0 Å². The molecule has 0 N–H and O–H groups in total. The monoisotopic (exact) mass is 314 g/mol. The minimum Gasteiger partial charge on any atom is -0.496 e. The first-order valence-corrected chi connectivity index (χ1v) is 7.80. The van der Waals surface area contributed by atoms with E-state index in [0.29, 0.717) is 0 Å². The van der Waals surface area contributed by atoms with Gasteiger partial charge in [-0.05, 0) is 31.7 Å². The van der Waals surface area contributed by atoms with Crippen LogP contribution in [0.5, 0.6) is 17.2 Å². The van der Waals surface area contributed by atoms with Gasteiger partial charge in [0.25, 0.3) is 0 Å². The van der Waals surface area contributed by atoms with E-state index in [1.807, 2.05) is 30.5 Å². The summed E-state index contributed by atoms with van der Waals surface area (Å²) in [5, 5.41) is 0. The number of hydrogen-bond donors (Lipinski definition) is 0. The summed E-state index contributed by atoms with van der Waals surface area (Å²) in [4.78, 5) is 6.78. The van der Waals surface area contributed by atoms with Crippen molar-refractivity contribution in [3.05, 3.63) is 47.8 Å². The van der Waals surface area contributed by atoms with Gasteiger partial charge in [0.1, 0.15) is 5.75 Å². The van der Waals surface area contributed by atoms with Crippen molar-refractivity contribution < 1.29 is 14.2 Å². The Labute approximate surface area is 136 Å². The molecule has 0 spiro atoms. The summed E-state index contributed by atoms with van der Waals surface area (Å²) >= 11 is 0. The van der Waals surface area contributed by atoms with Gasteiger partial charge in [-0.1, -0.05) is 13.0 Å². The predicted molar refractivity (Wildman–Crippen MR) is 87.9 cm³/mol. The number of rotatable bonds is 6. The molecule has 0 aliphatic carbocycles. The third-order valence-electron chi connectivity index (χ3n) is 4.14. The van der Waals surface area contributed by atoms with Crippen LogP contribution >= 0.6 is 0 Å². The Kier molecular flexibility index (Phi) is 4.67. The van der Waals surface area contributed by atoms with E-state index < -0.39 is 0 Å². The van der Waals surface area contributed by atoms with Crippen LogP contribution in [0.1, 0.15) is 30.6 Å². The Morgan fingerprint density at radius 1 is 1.26 bits per heavy atom. The Morgan fingerprint density at radius 2 is 2.04 bits per heavy atom. The zero-order chi connectivity index (χ0) is 16.2. The number of hydrogen-bond acceptors (Lipinski definition) is 5. The summed E-state index contributed by atoms with van der Waals surface area (Å²) in [6, 6.07) is 10.2. The van der Waals surface area contributed by atoms with E-state index in [9.17, 15) is 0 Å². The zero-order valence-electron chi connectivity index (χ0n) is 13.8. The lowest BCUT2D eigenvalue weighted by atomic mass is 10.1. The molecule has 0 bridgehead atoms. The minimum atomic E-state index is 0.256. The third kappa shape index (κ3) is 3.24. The molecule has 0 saturated heterocycles. The topological polar surface area (TPSA) is 43.8 Å². The molecule has 1 aromatic heterocycles. The SMILES string of the molecule is CCC(c1ccccn1)N(C)Cc1cc2c(cc1OC)OCO2. The molecule has 0 radical (unpaired) electrons. The smallest absolute Gasteiger partial charge is 0.231 e. The van der Waals surface area contributed by atoms with Crippen LogP contribution in [0.25, 0.3) is 0 Å².